The Hall–Kier alpha value is 0.820. The van der Waals surface area contributed by atoms with Gasteiger partial charge in [0.2, 0.25) is 0 Å². The third-order valence-corrected chi connectivity index (χ3v) is 1.77. The van der Waals surface area contributed by atoms with E-state index in [0.29, 0.717) is 0 Å². The summed E-state index contributed by atoms with van der Waals surface area (Å²) in [5.41, 5.74) is 0. The Balaban J connectivity index is 0. The lowest BCUT2D eigenvalue weighted by Gasteiger charge is -1.86. The van der Waals surface area contributed by atoms with Gasteiger partial charge in [0.05, 0.1) is 0 Å². The Morgan fingerprint density at radius 1 is 1.00 bits per heavy atom. The molecule has 0 unspecified atom stereocenters. The lowest BCUT2D eigenvalue weighted by molar-refractivity contribution is 1.65. The Morgan fingerprint density at radius 2 is 1.40 bits per heavy atom. The molecule has 0 aliphatic heterocycles. The molecule has 0 radical (unpaired) electrons. The minimum Gasteiger partial charge on any atom is -0.147 e. The van der Waals surface area contributed by atoms with Gasteiger partial charge in [-0.2, -0.15) is 0 Å². The third kappa shape index (κ3) is 4.61. The number of hydrogen-bond donors (Lipinski definition) is 0. The van der Waals surface area contributed by atoms with Gasteiger partial charge in [0.15, 0.2) is 0 Å². The van der Waals surface area contributed by atoms with E-state index in [1.54, 1.807) is 0 Å². The predicted octanol–water partition coefficient (Wildman–Crippen LogP) is 3.79. The molecular formula is C6H6Cl3I. The molecule has 10 heavy (non-hydrogen) atoms. The van der Waals surface area contributed by atoms with Gasteiger partial charge in [-0.05, 0) is 46.9 Å². The van der Waals surface area contributed by atoms with Crippen molar-refractivity contribution < 1.29 is 0 Å². The zero-order chi connectivity index (χ0) is 5.98. The van der Waals surface area contributed by atoms with Crippen molar-refractivity contribution in [1.82, 2.24) is 0 Å². The summed E-state index contributed by atoms with van der Waals surface area (Å²) < 4.78 is 1.21. The second-order valence-electron chi connectivity index (χ2n) is 1.44. The second kappa shape index (κ2) is 6.53. The first-order chi connectivity index (χ1) is 3.79. The van der Waals surface area contributed by atoms with Crippen LogP contribution in [-0.2, 0) is 0 Å². The van der Waals surface area contributed by atoms with Crippen LogP contribution < -0.4 is 0 Å². The van der Waals surface area contributed by atoms with Gasteiger partial charge in [-0.3, -0.25) is 0 Å². The van der Waals surface area contributed by atoms with E-state index < -0.39 is 0 Å². The smallest absolute Gasteiger partial charge is 0.0406 e. The summed E-state index contributed by atoms with van der Waals surface area (Å²) in [4.78, 5) is 0. The number of halogens is 4. The van der Waals surface area contributed by atoms with Crippen molar-refractivity contribution in [2.24, 2.45) is 0 Å². The minimum atomic E-state index is 0. The maximum Gasteiger partial charge on any atom is 0.0406 e. The fourth-order valence-corrected chi connectivity index (χ4v) is 0.915. The van der Waals surface area contributed by atoms with Gasteiger partial charge in [0, 0.05) is 8.59 Å². The van der Waals surface area contributed by atoms with E-state index in [2.05, 4.69) is 22.6 Å². The molecule has 0 spiro atoms. The molecular weight excluding hydrogens is 305 g/mol. The molecule has 0 aromatic heterocycles. The summed E-state index contributed by atoms with van der Waals surface area (Å²) in [6.45, 7) is 0. The third-order valence-electron chi connectivity index (χ3n) is 0.804. The molecule has 0 atom stereocenters. The van der Waals surface area contributed by atoms with Crippen LogP contribution in [0.3, 0.4) is 0 Å². The molecule has 0 N–H and O–H groups in total. The molecule has 0 nitrogen and oxygen atoms in total. The van der Waals surface area contributed by atoms with E-state index in [9.17, 15) is 0 Å². The highest BCUT2D eigenvalue weighted by Crippen LogP contribution is 2.10. The molecule has 4 heteroatoms. The van der Waals surface area contributed by atoms with Gasteiger partial charge < -0.3 is 0 Å². The molecule has 0 saturated carbocycles. The van der Waals surface area contributed by atoms with Crippen LogP contribution in [0, 0.1) is 3.57 Å². The quantitative estimate of drug-likeness (QED) is 0.640. The summed E-state index contributed by atoms with van der Waals surface area (Å²) in [5, 5.41) is 0.797. The molecule has 1 rings (SSSR count). The number of hydrogen-bond acceptors (Lipinski definition) is 0. The van der Waals surface area contributed by atoms with Crippen molar-refractivity contribution in [2.45, 2.75) is 0 Å². The highest BCUT2D eigenvalue weighted by molar-refractivity contribution is 14.1. The minimum absolute atomic E-state index is 0. The summed E-state index contributed by atoms with van der Waals surface area (Å²) >= 11 is 7.85. The van der Waals surface area contributed by atoms with Crippen LogP contribution >= 0.6 is 59.0 Å². The van der Waals surface area contributed by atoms with E-state index in [4.69, 9.17) is 11.6 Å². The number of rotatable bonds is 0. The molecule has 0 fully saturated rings. The van der Waals surface area contributed by atoms with Crippen molar-refractivity contribution >= 4 is 59.0 Å². The average Bonchev–Trinajstić information content (AvgIpc) is 1.77. The van der Waals surface area contributed by atoms with Gasteiger partial charge in [-0.25, -0.2) is 0 Å². The largest absolute Gasteiger partial charge is 0.147 e. The maximum atomic E-state index is 5.61. The molecule has 0 saturated heterocycles. The predicted molar refractivity (Wildman–Crippen MR) is 58.7 cm³/mol. The molecule has 0 aliphatic carbocycles. The highest BCUT2D eigenvalue weighted by atomic mass is 127. The van der Waals surface area contributed by atoms with Crippen molar-refractivity contribution in [1.29, 1.82) is 0 Å². The molecule has 1 aromatic rings. The van der Waals surface area contributed by atoms with Gasteiger partial charge in [-0.1, -0.05) is 11.6 Å². The van der Waals surface area contributed by atoms with E-state index in [0.717, 1.165) is 5.02 Å². The molecule has 0 heterocycles. The topological polar surface area (TPSA) is 0 Å². The molecule has 1 aromatic carbocycles. The first kappa shape index (κ1) is 13.4. The van der Waals surface area contributed by atoms with Crippen LogP contribution in [0.2, 0.25) is 5.02 Å². The first-order valence-electron chi connectivity index (χ1n) is 2.20. The Bertz CT molecular complexity index is 152. The normalized spacial score (nSPS) is 7.40. The van der Waals surface area contributed by atoms with Crippen molar-refractivity contribution in [3.63, 3.8) is 0 Å². The summed E-state index contributed by atoms with van der Waals surface area (Å²) in [5.74, 6) is 0. The van der Waals surface area contributed by atoms with E-state index in [-0.39, 0.29) is 24.8 Å². The van der Waals surface area contributed by atoms with Crippen molar-refractivity contribution in [3.05, 3.63) is 32.9 Å². The Morgan fingerprint density at radius 3 is 1.70 bits per heavy atom. The number of benzene rings is 1. The van der Waals surface area contributed by atoms with Crippen LogP contribution in [-0.4, -0.2) is 0 Å². The monoisotopic (exact) mass is 310 g/mol. The fourth-order valence-electron chi connectivity index (χ4n) is 0.430. The van der Waals surface area contributed by atoms with Gasteiger partial charge in [0.1, 0.15) is 0 Å². The summed E-state index contributed by atoms with van der Waals surface area (Å²) in [6.07, 6.45) is 0. The first-order valence-corrected chi connectivity index (χ1v) is 3.66. The average molecular weight is 311 g/mol. The van der Waals surface area contributed by atoms with Crippen molar-refractivity contribution in [2.75, 3.05) is 0 Å². The lowest BCUT2D eigenvalue weighted by Crippen LogP contribution is -1.65. The molecule has 58 valence electrons. The summed E-state index contributed by atoms with van der Waals surface area (Å²) in [7, 11) is 0. The lowest BCUT2D eigenvalue weighted by atomic mass is 10.4. The van der Waals surface area contributed by atoms with Crippen LogP contribution in [0.1, 0.15) is 0 Å². The fraction of sp³-hybridized carbons (Fsp3) is 0. The highest BCUT2D eigenvalue weighted by Gasteiger charge is 1.83. The maximum absolute atomic E-state index is 5.61. The van der Waals surface area contributed by atoms with Crippen LogP contribution in [0.5, 0.6) is 0 Å². The SMILES string of the molecule is Cl.Cl.Clc1ccc(I)cc1. The molecule has 0 amide bonds. The molecule has 0 bridgehead atoms. The van der Waals surface area contributed by atoms with E-state index in [1.807, 2.05) is 24.3 Å². The summed E-state index contributed by atoms with van der Waals surface area (Å²) in [6, 6.07) is 7.71. The van der Waals surface area contributed by atoms with Crippen LogP contribution in [0.15, 0.2) is 24.3 Å². The van der Waals surface area contributed by atoms with E-state index >= 15 is 0 Å². The van der Waals surface area contributed by atoms with Crippen LogP contribution in [0.4, 0.5) is 0 Å². The second-order valence-corrected chi connectivity index (χ2v) is 3.12. The van der Waals surface area contributed by atoms with E-state index in [1.165, 1.54) is 3.57 Å². The Labute approximate surface area is 91.3 Å². The van der Waals surface area contributed by atoms with Gasteiger partial charge in [-0.15, -0.1) is 24.8 Å². The zero-order valence-electron chi connectivity index (χ0n) is 4.88. The molecule has 0 aliphatic rings. The van der Waals surface area contributed by atoms with Crippen molar-refractivity contribution in [3.8, 4) is 0 Å². The van der Waals surface area contributed by atoms with Gasteiger partial charge >= 0.3 is 0 Å². The van der Waals surface area contributed by atoms with Gasteiger partial charge in [0.25, 0.3) is 0 Å². The standard InChI is InChI=1S/C6H4ClI.2ClH/c7-5-1-3-6(8)4-2-5;;/h1-4H;2*1H. The zero-order valence-corrected chi connectivity index (χ0v) is 9.43. The van der Waals surface area contributed by atoms with Crippen LogP contribution in [0.25, 0.3) is 0 Å². The Kier molecular flexibility index (Phi) is 8.75.